The van der Waals surface area contributed by atoms with Gasteiger partial charge in [-0.15, -0.1) is 6.42 Å². The summed E-state index contributed by atoms with van der Waals surface area (Å²) < 4.78 is 0. The number of benzene rings is 1. The minimum absolute atomic E-state index is 0.0999. The second-order valence-corrected chi connectivity index (χ2v) is 4.31. The normalized spacial score (nSPS) is 11.2. The average Bonchev–Trinajstić information content (AvgIpc) is 2.44. The molecule has 2 amide bonds. The van der Waals surface area contributed by atoms with Crippen molar-refractivity contribution in [2.75, 3.05) is 13.1 Å². The van der Waals surface area contributed by atoms with Gasteiger partial charge in [0.25, 0.3) is 0 Å². The summed E-state index contributed by atoms with van der Waals surface area (Å²) in [5, 5.41) is 14.7. The van der Waals surface area contributed by atoms with E-state index >= 15 is 0 Å². The SMILES string of the molecule is C#CCNC(=O)CC(=O)NCC(O)Cc1ccccc1. The Morgan fingerprint density at radius 1 is 1.20 bits per heavy atom. The molecule has 0 aromatic heterocycles. The van der Waals surface area contributed by atoms with Crippen LogP contribution in [0.4, 0.5) is 0 Å². The predicted octanol–water partition coefficient (Wildman–Crippen LogP) is -0.154. The van der Waals surface area contributed by atoms with Crippen LogP contribution in [0.3, 0.4) is 0 Å². The van der Waals surface area contributed by atoms with Crippen molar-refractivity contribution in [2.24, 2.45) is 0 Å². The molecule has 20 heavy (non-hydrogen) atoms. The van der Waals surface area contributed by atoms with Crippen molar-refractivity contribution >= 4 is 11.8 Å². The molecule has 0 heterocycles. The van der Waals surface area contributed by atoms with E-state index in [1.807, 2.05) is 30.3 Å². The summed E-state index contributed by atoms with van der Waals surface area (Å²) >= 11 is 0. The standard InChI is InChI=1S/C15H18N2O3/c1-2-8-16-14(19)10-15(20)17-11-13(18)9-12-6-4-3-5-7-12/h1,3-7,13,18H,8-11H2,(H,16,19)(H,17,20). The molecule has 1 rings (SSSR count). The van der Waals surface area contributed by atoms with Gasteiger partial charge in [0.1, 0.15) is 6.42 Å². The van der Waals surface area contributed by atoms with E-state index in [0.29, 0.717) is 6.42 Å². The van der Waals surface area contributed by atoms with E-state index in [2.05, 4.69) is 16.6 Å². The minimum Gasteiger partial charge on any atom is -0.391 e. The second-order valence-electron chi connectivity index (χ2n) is 4.31. The number of carbonyl (C=O) groups is 2. The molecule has 0 aliphatic heterocycles. The zero-order valence-corrected chi connectivity index (χ0v) is 11.1. The summed E-state index contributed by atoms with van der Waals surface area (Å²) in [6.45, 7) is 0.207. The van der Waals surface area contributed by atoms with Crippen LogP contribution < -0.4 is 10.6 Å². The van der Waals surface area contributed by atoms with E-state index in [1.165, 1.54) is 0 Å². The fraction of sp³-hybridized carbons (Fsp3) is 0.333. The highest BCUT2D eigenvalue weighted by Gasteiger charge is 2.11. The van der Waals surface area contributed by atoms with Crippen molar-refractivity contribution in [1.29, 1.82) is 0 Å². The van der Waals surface area contributed by atoms with Crippen LogP contribution in [0, 0.1) is 12.3 Å². The van der Waals surface area contributed by atoms with Crippen molar-refractivity contribution in [3.05, 3.63) is 35.9 Å². The first-order valence-corrected chi connectivity index (χ1v) is 6.30. The summed E-state index contributed by atoms with van der Waals surface area (Å²) in [6.07, 6.45) is 4.45. The summed E-state index contributed by atoms with van der Waals surface area (Å²) in [5.41, 5.74) is 0.987. The van der Waals surface area contributed by atoms with Gasteiger partial charge in [-0.2, -0.15) is 0 Å². The van der Waals surface area contributed by atoms with Gasteiger partial charge in [0.2, 0.25) is 11.8 Å². The number of rotatable bonds is 7. The smallest absolute Gasteiger partial charge is 0.230 e. The van der Waals surface area contributed by atoms with Crippen LogP contribution >= 0.6 is 0 Å². The van der Waals surface area contributed by atoms with Gasteiger partial charge in [0.05, 0.1) is 12.6 Å². The number of hydrogen-bond acceptors (Lipinski definition) is 3. The van der Waals surface area contributed by atoms with E-state index in [0.717, 1.165) is 5.56 Å². The zero-order chi connectivity index (χ0) is 14.8. The first kappa shape index (κ1) is 15.7. The van der Waals surface area contributed by atoms with Gasteiger partial charge in [-0.25, -0.2) is 0 Å². The van der Waals surface area contributed by atoms with Crippen LogP contribution in [-0.2, 0) is 16.0 Å². The van der Waals surface area contributed by atoms with Crippen molar-refractivity contribution in [2.45, 2.75) is 18.9 Å². The quantitative estimate of drug-likeness (QED) is 0.478. The molecule has 0 saturated carbocycles. The average molecular weight is 274 g/mol. The van der Waals surface area contributed by atoms with Crippen LogP contribution in [-0.4, -0.2) is 36.1 Å². The van der Waals surface area contributed by atoms with Crippen molar-refractivity contribution in [3.8, 4) is 12.3 Å². The Bertz CT molecular complexity index is 480. The Kier molecular flexibility index (Phi) is 6.87. The lowest BCUT2D eigenvalue weighted by atomic mass is 10.1. The largest absolute Gasteiger partial charge is 0.391 e. The Labute approximate surface area is 118 Å². The third-order valence-corrected chi connectivity index (χ3v) is 2.56. The molecule has 0 spiro atoms. The Morgan fingerprint density at radius 2 is 1.85 bits per heavy atom. The third-order valence-electron chi connectivity index (χ3n) is 2.56. The number of hydrogen-bond donors (Lipinski definition) is 3. The van der Waals surface area contributed by atoms with Crippen LogP contribution in [0.25, 0.3) is 0 Å². The number of nitrogens with one attached hydrogen (secondary N) is 2. The lowest BCUT2D eigenvalue weighted by molar-refractivity contribution is -0.129. The van der Waals surface area contributed by atoms with E-state index in [4.69, 9.17) is 6.42 Å². The molecule has 0 fully saturated rings. The topological polar surface area (TPSA) is 78.4 Å². The molecule has 0 saturated heterocycles. The first-order chi connectivity index (χ1) is 9.61. The number of aliphatic hydroxyl groups is 1. The van der Waals surface area contributed by atoms with Crippen LogP contribution in [0.15, 0.2) is 30.3 Å². The zero-order valence-electron chi connectivity index (χ0n) is 11.1. The highest BCUT2D eigenvalue weighted by molar-refractivity contribution is 5.96. The highest BCUT2D eigenvalue weighted by atomic mass is 16.3. The maximum Gasteiger partial charge on any atom is 0.230 e. The van der Waals surface area contributed by atoms with E-state index < -0.39 is 17.9 Å². The van der Waals surface area contributed by atoms with Gasteiger partial charge in [0.15, 0.2) is 0 Å². The minimum atomic E-state index is -0.685. The van der Waals surface area contributed by atoms with Crippen LogP contribution in [0.5, 0.6) is 0 Å². The summed E-state index contributed by atoms with van der Waals surface area (Å²) in [4.78, 5) is 22.7. The summed E-state index contributed by atoms with van der Waals surface area (Å²) in [6, 6.07) is 9.47. The number of terminal acetylenes is 1. The van der Waals surface area contributed by atoms with Gasteiger partial charge >= 0.3 is 0 Å². The van der Waals surface area contributed by atoms with Gasteiger partial charge in [0, 0.05) is 13.0 Å². The molecule has 1 aromatic carbocycles. The molecule has 1 atom stereocenters. The number of amides is 2. The van der Waals surface area contributed by atoms with Crippen LogP contribution in [0.2, 0.25) is 0 Å². The van der Waals surface area contributed by atoms with Gasteiger partial charge in [-0.05, 0) is 5.56 Å². The maximum atomic E-state index is 11.4. The molecule has 5 nitrogen and oxygen atoms in total. The molecule has 3 N–H and O–H groups in total. The van der Waals surface area contributed by atoms with Gasteiger partial charge in [-0.1, -0.05) is 36.3 Å². The van der Waals surface area contributed by atoms with Gasteiger partial charge < -0.3 is 15.7 Å². The second kappa shape index (κ2) is 8.73. The molecule has 0 radical (unpaired) electrons. The maximum absolute atomic E-state index is 11.4. The Morgan fingerprint density at radius 3 is 2.50 bits per heavy atom. The van der Waals surface area contributed by atoms with Gasteiger partial charge in [-0.3, -0.25) is 9.59 Å². The lowest BCUT2D eigenvalue weighted by Crippen LogP contribution is -2.36. The number of carbonyl (C=O) groups excluding carboxylic acids is 2. The van der Waals surface area contributed by atoms with E-state index in [9.17, 15) is 14.7 Å². The monoisotopic (exact) mass is 274 g/mol. The molecular weight excluding hydrogens is 256 g/mol. The van der Waals surface area contributed by atoms with E-state index in [-0.39, 0.29) is 19.5 Å². The third kappa shape index (κ3) is 6.57. The Balaban J connectivity index is 2.24. The summed E-state index contributed by atoms with van der Waals surface area (Å²) in [7, 11) is 0. The fourth-order valence-electron chi connectivity index (χ4n) is 1.61. The molecule has 1 aromatic rings. The predicted molar refractivity (Wildman–Crippen MR) is 75.6 cm³/mol. The number of aliphatic hydroxyl groups excluding tert-OH is 1. The van der Waals surface area contributed by atoms with Crippen molar-refractivity contribution in [3.63, 3.8) is 0 Å². The lowest BCUT2D eigenvalue weighted by Gasteiger charge is -2.11. The molecule has 0 bridgehead atoms. The van der Waals surface area contributed by atoms with E-state index in [1.54, 1.807) is 0 Å². The molecule has 106 valence electrons. The Hall–Kier alpha value is -2.32. The van der Waals surface area contributed by atoms with Crippen molar-refractivity contribution < 1.29 is 14.7 Å². The summed E-state index contributed by atoms with van der Waals surface area (Å²) in [5.74, 6) is 1.38. The molecule has 5 heteroatoms. The highest BCUT2D eigenvalue weighted by Crippen LogP contribution is 2.02. The molecule has 0 aliphatic rings. The first-order valence-electron chi connectivity index (χ1n) is 6.30. The van der Waals surface area contributed by atoms with Crippen LogP contribution in [0.1, 0.15) is 12.0 Å². The van der Waals surface area contributed by atoms with Crippen molar-refractivity contribution in [1.82, 2.24) is 10.6 Å². The fourth-order valence-corrected chi connectivity index (χ4v) is 1.61. The molecule has 1 unspecified atom stereocenters. The molecular formula is C15H18N2O3. The molecule has 0 aliphatic carbocycles.